The number of thiazole rings is 1. The van der Waals surface area contributed by atoms with E-state index in [0.717, 1.165) is 40.5 Å². The number of carbonyl (C=O) groups excluding carboxylic acids is 2. The van der Waals surface area contributed by atoms with E-state index in [1.807, 2.05) is 6.92 Å². The maximum absolute atomic E-state index is 14.0. The summed E-state index contributed by atoms with van der Waals surface area (Å²) < 4.78 is 52.5. The first kappa shape index (κ1) is 33.0. The summed E-state index contributed by atoms with van der Waals surface area (Å²) in [6.07, 6.45) is -0.958. The minimum absolute atomic E-state index is 0.0234. The molecule has 0 aliphatic rings. The van der Waals surface area contributed by atoms with Gasteiger partial charge < -0.3 is 20.8 Å². The normalized spacial score (nSPS) is 14.5. The zero-order valence-corrected chi connectivity index (χ0v) is 25.0. The number of aliphatic hydroxyl groups excluding tert-OH is 2. The summed E-state index contributed by atoms with van der Waals surface area (Å²) in [6.45, 7) is 1.92. The summed E-state index contributed by atoms with van der Waals surface area (Å²) in [5.74, 6) is -3.02. The van der Waals surface area contributed by atoms with Gasteiger partial charge in [0.25, 0.3) is 11.8 Å². The molecular formula is C28H34F2N4O6S2. The molecule has 0 aliphatic carbocycles. The fourth-order valence-electron chi connectivity index (χ4n) is 4.21. The lowest BCUT2D eigenvalue weighted by atomic mass is 9.91. The summed E-state index contributed by atoms with van der Waals surface area (Å²) in [5.41, 5.74) is 0.278. The highest BCUT2D eigenvalue weighted by molar-refractivity contribution is 7.92. The molecule has 0 fully saturated rings. The van der Waals surface area contributed by atoms with Crippen LogP contribution >= 0.6 is 11.3 Å². The highest BCUT2D eigenvalue weighted by Crippen LogP contribution is 2.22. The molecule has 1 aromatic heterocycles. The molecule has 2 aromatic carbocycles. The molecule has 10 nitrogen and oxygen atoms in total. The van der Waals surface area contributed by atoms with Crippen molar-refractivity contribution in [3.8, 4) is 0 Å². The third-order valence-electron chi connectivity index (χ3n) is 6.58. The van der Waals surface area contributed by atoms with E-state index in [0.29, 0.717) is 24.5 Å². The summed E-state index contributed by atoms with van der Waals surface area (Å²) in [6, 6.07) is 8.85. The van der Waals surface area contributed by atoms with Crippen molar-refractivity contribution in [1.82, 2.24) is 15.6 Å². The van der Waals surface area contributed by atoms with Gasteiger partial charge in [0, 0.05) is 24.1 Å². The molecular weight excluding hydrogens is 590 g/mol. The van der Waals surface area contributed by atoms with Gasteiger partial charge in [-0.2, -0.15) is 0 Å². The van der Waals surface area contributed by atoms with Crippen molar-refractivity contribution in [3.63, 3.8) is 0 Å². The van der Waals surface area contributed by atoms with Crippen molar-refractivity contribution in [3.05, 3.63) is 82.4 Å². The van der Waals surface area contributed by atoms with Crippen LogP contribution < -0.4 is 14.9 Å². The van der Waals surface area contributed by atoms with Crippen molar-refractivity contribution in [2.24, 2.45) is 0 Å². The molecule has 2 unspecified atom stereocenters. The first-order chi connectivity index (χ1) is 19.8. The average Bonchev–Trinajstić information content (AvgIpc) is 3.43. The minimum atomic E-state index is -3.64. The average molecular weight is 625 g/mol. The molecule has 4 atom stereocenters. The predicted molar refractivity (Wildman–Crippen MR) is 156 cm³/mol. The number of hydrogen-bond donors (Lipinski definition) is 4. The lowest BCUT2D eigenvalue weighted by Gasteiger charge is -2.33. The Bertz CT molecular complexity index is 1450. The summed E-state index contributed by atoms with van der Waals surface area (Å²) >= 11 is 0.898. The maximum Gasteiger partial charge on any atom is 0.271 e. The van der Waals surface area contributed by atoms with Crippen LogP contribution in [0.5, 0.6) is 0 Å². The number of hydrogen-bond acceptors (Lipinski definition) is 8. The largest absolute Gasteiger partial charge is 0.388 e. The minimum Gasteiger partial charge on any atom is -0.388 e. The Morgan fingerprint density at radius 3 is 2.19 bits per heavy atom. The van der Waals surface area contributed by atoms with Crippen LogP contribution in [-0.4, -0.2) is 73.0 Å². The summed E-state index contributed by atoms with van der Waals surface area (Å²) in [7, 11) is -2.37. The molecule has 228 valence electrons. The summed E-state index contributed by atoms with van der Waals surface area (Å²) in [5, 5.41) is 29.2. The molecule has 4 N–H and O–H groups in total. The second-order valence-corrected chi connectivity index (χ2v) is 12.7. The van der Waals surface area contributed by atoms with E-state index in [4.69, 9.17) is 0 Å². The van der Waals surface area contributed by atoms with Gasteiger partial charge in [-0.25, -0.2) is 26.5 Å². The zero-order valence-electron chi connectivity index (χ0n) is 23.3. The number of benzene rings is 2. The fraction of sp³-hybridized carbons (Fsp3) is 0.393. The predicted octanol–water partition coefficient (Wildman–Crippen LogP) is 2.87. The Kier molecular flexibility index (Phi) is 11.5. The number of halogens is 2. The Balaban J connectivity index is 1.89. The fourth-order valence-corrected chi connectivity index (χ4v) is 5.74. The van der Waals surface area contributed by atoms with E-state index in [2.05, 4.69) is 15.6 Å². The van der Waals surface area contributed by atoms with Gasteiger partial charge in [0.2, 0.25) is 10.0 Å². The van der Waals surface area contributed by atoms with Crippen molar-refractivity contribution in [2.75, 3.05) is 17.6 Å². The molecule has 0 saturated carbocycles. The quantitative estimate of drug-likeness (QED) is 0.216. The van der Waals surface area contributed by atoms with Crippen LogP contribution in [0.1, 0.15) is 52.6 Å². The standard InChI is InChI=1S/C28H34F2N4O6S2/c1-4-5-11-21(31-26(37)18-9-7-6-8-10-18)24(35)25(36)22(14-17-12-19(29)15-20(30)13-17)32-27(38)23-16-41-28(33-23)34(2)42(3,39)40/h6-10,12-13,15-16,21-22,24-25,35-36H,4-5,11,14H2,1-3H3,(H,31,37)(H,32,38)/t21?,22-,24?,25+/m0/s1. The number of rotatable bonds is 14. The van der Waals surface area contributed by atoms with Gasteiger partial charge in [0.1, 0.15) is 29.5 Å². The Labute approximate surface area is 247 Å². The van der Waals surface area contributed by atoms with Gasteiger partial charge in [-0.1, -0.05) is 38.0 Å². The smallest absolute Gasteiger partial charge is 0.271 e. The molecule has 0 spiro atoms. The number of nitrogens with zero attached hydrogens (tertiary/aromatic N) is 2. The third-order valence-corrected chi connectivity index (χ3v) is 8.78. The van der Waals surface area contributed by atoms with Gasteiger partial charge in [-0.15, -0.1) is 11.3 Å². The Hall–Kier alpha value is -3.46. The van der Waals surface area contributed by atoms with Crippen LogP contribution in [-0.2, 0) is 16.4 Å². The van der Waals surface area contributed by atoms with E-state index in [9.17, 15) is 37.0 Å². The zero-order chi connectivity index (χ0) is 31.0. The van der Waals surface area contributed by atoms with E-state index in [-0.39, 0.29) is 22.8 Å². The number of unbranched alkanes of at least 4 members (excludes halogenated alkanes) is 1. The second-order valence-electron chi connectivity index (χ2n) is 9.88. The molecule has 2 amide bonds. The number of sulfonamides is 1. The lowest BCUT2D eigenvalue weighted by molar-refractivity contribution is -0.0238. The first-order valence-corrected chi connectivity index (χ1v) is 15.9. The topological polar surface area (TPSA) is 149 Å². The van der Waals surface area contributed by atoms with E-state index >= 15 is 0 Å². The van der Waals surface area contributed by atoms with Crippen molar-refractivity contribution in [1.29, 1.82) is 0 Å². The highest BCUT2D eigenvalue weighted by atomic mass is 32.2. The van der Waals surface area contributed by atoms with Gasteiger partial charge in [0.15, 0.2) is 5.13 Å². The van der Waals surface area contributed by atoms with Crippen molar-refractivity contribution < 1.29 is 37.0 Å². The molecule has 14 heteroatoms. The monoisotopic (exact) mass is 624 g/mol. The van der Waals surface area contributed by atoms with Gasteiger partial charge >= 0.3 is 0 Å². The van der Waals surface area contributed by atoms with Gasteiger partial charge in [-0.05, 0) is 42.7 Å². The van der Waals surface area contributed by atoms with E-state index in [1.165, 1.54) is 12.4 Å². The number of carbonyl (C=O) groups is 2. The van der Waals surface area contributed by atoms with Crippen molar-refractivity contribution >= 4 is 38.3 Å². The van der Waals surface area contributed by atoms with Crippen molar-refractivity contribution in [2.45, 2.75) is 56.9 Å². The number of amides is 2. The van der Waals surface area contributed by atoms with Crippen LogP contribution in [0.2, 0.25) is 0 Å². The molecule has 0 radical (unpaired) electrons. The van der Waals surface area contributed by atoms with E-state index < -0.39 is 57.8 Å². The van der Waals surface area contributed by atoms with Crippen LogP contribution in [0.3, 0.4) is 0 Å². The van der Waals surface area contributed by atoms with Gasteiger partial charge in [0.05, 0.1) is 18.3 Å². The van der Waals surface area contributed by atoms with Crippen LogP contribution in [0.15, 0.2) is 53.9 Å². The molecule has 42 heavy (non-hydrogen) atoms. The summed E-state index contributed by atoms with van der Waals surface area (Å²) in [4.78, 5) is 30.1. The Morgan fingerprint density at radius 2 is 1.60 bits per heavy atom. The maximum atomic E-state index is 14.0. The first-order valence-electron chi connectivity index (χ1n) is 13.2. The van der Waals surface area contributed by atoms with E-state index in [1.54, 1.807) is 30.3 Å². The second kappa shape index (κ2) is 14.6. The SMILES string of the molecule is CCCCC(NC(=O)c1ccccc1)C(O)[C@H](O)[C@H](Cc1cc(F)cc(F)c1)NC(=O)c1csc(N(C)S(C)(=O)=O)n1. The molecule has 1 heterocycles. The number of nitrogens with one attached hydrogen (secondary N) is 2. The molecule has 0 bridgehead atoms. The number of anilines is 1. The van der Waals surface area contributed by atoms with Crippen LogP contribution in [0, 0.1) is 11.6 Å². The Morgan fingerprint density at radius 1 is 1.00 bits per heavy atom. The molecule has 3 aromatic rings. The number of aliphatic hydroxyl groups is 2. The number of aromatic nitrogens is 1. The van der Waals surface area contributed by atoms with Crippen LogP contribution in [0.4, 0.5) is 13.9 Å². The highest BCUT2D eigenvalue weighted by Gasteiger charge is 2.35. The lowest BCUT2D eigenvalue weighted by Crippen LogP contribution is -2.56. The molecule has 0 aliphatic heterocycles. The molecule has 3 rings (SSSR count). The molecule has 0 saturated heterocycles. The van der Waals surface area contributed by atoms with Crippen LogP contribution in [0.25, 0.3) is 0 Å². The van der Waals surface area contributed by atoms with Gasteiger partial charge in [-0.3, -0.25) is 9.59 Å². The third kappa shape index (κ3) is 9.02.